The van der Waals surface area contributed by atoms with Gasteiger partial charge < -0.3 is 19.9 Å². The van der Waals surface area contributed by atoms with Crippen molar-refractivity contribution in [3.05, 3.63) is 48.0 Å². The lowest BCUT2D eigenvalue weighted by atomic mass is 9.98. The van der Waals surface area contributed by atoms with Gasteiger partial charge in [0, 0.05) is 45.0 Å². The Hall–Kier alpha value is -3.81. The molecule has 4 heterocycles. The summed E-state index contributed by atoms with van der Waals surface area (Å²) in [5, 5.41) is 6.57. The Balaban J connectivity index is 1.44. The van der Waals surface area contributed by atoms with Crippen molar-refractivity contribution in [1.29, 1.82) is 0 Å². The quantitative estimate of drug-likeness (QED) is 0.403. The molecule has 14 heteroatoms. The van der Waals surface area contributed by atoms with Crippen LogP contribution in [0.5, 0.6) is 0 Å². The number of nitrogens with zero attached hydrogens (tertiary/aromatic N) is 5. The molecule has 2 aromatic heterocycles. The molecule has 3 aromatic rings. The Morgan fingerprint density at radius 2 is 1.78 bits per heavy atom. The highest BCUT2D eigenvalue weighted by molar-refractivity contribution is 5.91. The van der Waals surface area contributed by atoms with Crippen molar-refractivity contribution >= 4 is 17.5 Å². The average molecular weight is 583 g/mol. The van der Waals surface area contributed by atoms with Crippen LogP contribution in [0.2, 0.25) is 0 Å². The standard InChI is InChI=1S/C27H28F6N6O2/c1-16-9-21(28)23(36-25(40)39-4-3-19(15-39)26(29,30)27(31,32)33)12-20(16)17-10-22(18-13-34-37(2)14-18)35-24(11-17)38-5-7-41-8-6-38/h9-14,19H,3-8,15H2,1-2H3,(H,36,40)/t19-/m0/s1. The van der Waals surface area contributed by atoms with Crippen LogP contribution in [0, 0.1) is 18.7 Å². The second-order valence-electron chi connectivity index (χ2n) is 10.2. The number of pyridine rings is 1. The van der Waals surface area contributed by atoms with E-state index in [-0.39, 0.29) is 12.2 Å². The lowest BCUT2D eigenvalue weighted by Gasteiger charge is -2.28. The highest BCUT2D eigenvalue weighted by Gasteiger charge is 2.63. The van der Waals surface area contributed by atoms with Crippen molar-refractivity contribution < 1.29 is 35.9 Å². The molecule has 0 bridgehead atoms. The minimum Gasteiger partial charge on any atom is -0.378 e. The van der Waals surface area contributed by atoms with Crippen LogP contribution in [0.4, 0.5) is 42.6 Å². The number of benzene rings is 1. The van der Waals surface area contributed by atoms with E-state index >= 15 is 0 Å². The molecule has 2 aliphatic heterocycles. The summed E-state index contributed by atoms with van der Waals surface area (Å²) >= 11 is 0. The van der Waals surface area contributed by atoms with Gasteiger partial charge in [-0.05, 0) is 54.3 Å². The molecule has 0 saturated carbocycles. The SMILES string of the molecule is Cc1cc(F)c(NC(=O)N2CC[C@H](C(F)(F)C(F)(F)F)C2)cc1-c1cc(-c2cnn(C)c2)nc(N2CCOCC2)c1. The fourth-order valence-electron chi connectivity index (χ4n) is 5.07. The van der Waals surface area contributed by atoms with Crippen LogP contribution in [0.1, 0.15) is 12.0 Å². The number of aryl methyl sites for hydroxylation is 2. The molecule has 2 aliphatic rings. The number of hydrogen-bond acceptors (Lipinski definition) is 5. The van der Waals surface area contributed by atoms with Crippen molar-refractivity contribution in [1.82, 2.24) is 19.7 Å². The van der Waals surface area contributed by atoms with E-state index in [0.29, 0.717) is 54.5 Å². The van der Waals surface area contributed by atoms with Gasteiger partial charge in [0.1, 0.15) is 11.6 Å². The number of aromatic nitrogens is 3. The van der Waals surface area contributed by atoms with E-state index in [4.69, 9.17) is 9.72 Å². The highest BCUT2D eigenvalue weighted by atomic mass is 19.4. The van der Waals surface area contributed by atoms with Crippen LogP contribution in [0.15, 0.2) is 36.7 Å². The van der Waals surface area contributed by atoms with Gasteiger partial charge >= 0.3 is 18.1 Å². The minimum atomic E-state index is -5.72. The number of urea groups is 1. The number of ether oxygens (including phenoxy) is 1. The molecule has 0 unspecified atom stereocenters. The molecule has 41 heavy (non-hydrogen) atoms. The fourth-order valence-corrected chi connectivity index (χ4v) is 5.07. The zero-order chi connectivity index (χ0) is 29.5. The maximum atomic E-state index is 15.0. The second kappa shape index (κ2) is 10.9. The van der Waals surface area contributed by atoms with Gasteiger partial charge in [0.15, 0.2) is 0 Å². The lowest BCUT2D eigenvalue weighted by Crippen LogP contribution is -2.45. The van der Waals surface area contributed by atoms with Crippen LogP contribution in [-0.2, 0) is 11.8 Å². The number of hydrogen-bond donors (Lipinski definition) is 1. The number of anilines is 2. The van der Waals surface area contributed by atoms with E-state index in [2.05, 4.69) is 15.3 Å². The number of amides is 2. The summed E-state index contributed by atoms with van der Waals surface area (Å²) in [5.41, 5.74) is 2.97. The first-order valence-corrected chi connectivity index (χ1v) is 13.0. The van der Waals surface area contributed by atoms with Gasteiger partial charge in [-0.25, -0.2) is 14.2 Å². The number of carbonyl (C=O) groups excluding carboxylic acids is 1. The van der Waals surface area contributed by atoms with Gasteiger partial charge in [0.25, 0.3) is 0 Å². The third-order valence-electron chi connectivity index (χ3n) is 7.38. The number of morpholine rings is 1. The van der Waals surface area contributed by atoms with Crippen molar-refractivity contribution in [2.24, 2.45) is 13.0 Å². The normalized spacial score (nSPS) is 18.2. The number of alkyl halides is 5. The van der Waals surface area contributed by atoms with Gasteiger partial charge in [0.2, 0.25) is 0 Å². The van der Waals surface area contributed by atoms with Crippen molar-refractivity contribution in [3.63, 3.8) is 0 Å². The molecule has 1 aromatic carbocycles. The smallest absolute Gasteiger partial charge is 0.378 e. The summed E-state index contributed by atoms with van der Waals surface area (Å²) in [4.78, 5) is 20.5. The maximum Gasteiger partial charge on any atom is 0.453 e. The third kappa shape index (κ3) is 5.83. The van der Waals surface area contributed by atoms with Gasteiger partial charge in [-0.1, -0.05) is 0 Å². The lowest BCUT2D eigenvalue weighted by molar-refractivity contribution is -0.300. The van der Waals surface area contributed by atoms with Gasteiger partial charge in [0.05, 0.1) is 36.7 Å². The van der Waals surface area contributed by atoms with E-state index in [1.807, 2.05) is 18.3 Å². The Kier molecular flexibility index (Phi) is 7.62. The van der Waals surface area contributed by atoms with E-state index in [0.717, 1.165) is 10.5 Å². The molecule has 1 N–H and O–H groups in total. The van der Waals surface area contributed by atoms with Gasteiger partial charge in [-0.3, -0.25) is 4.68 Å². The van der Waals surface area contributed by atoms with Gasteiger partial charge in [-0.15, -0.1) is 0 Å². The van der Waals surface area contributed by atoms with Crippen molar-refractivity contribution in [3.8, 4) is 22.4 Å². The van der Waals surface area contributed by atoms with Crippen molar-refractivity contribution in [2.75, 3.05) is 49.6 Å². The van der Waals surface area contributed by atoms with Crippen LogP contribution in [-0.4, -0.2) is 77.2 Å². The third-order valence-corrected chi connectivity index (χ3v) is 7.38. The number of nitrogens with one attached hydrogen (secondary N) is 1. The predicted molar refractivity (Wildman–Crippen MR) is 139 cm³/mol. The summed E-state index contributed by atoms with van der Waals surface area (Å²) in [5.74, 6) is -7.11. The van der Waals surface area contributed by atoms with Crippen LogP contribution in [0.25, 0.3) is 22.4 Å². The number of rotatable bonds is 5. The first-order valence-electron chi connectivity index (χ1n) is 13.0. The molecule has 8 nitrogen and oxygen atoms in total. The molecule has 1 atom stereocenters. The molecule has 5 rings (SSSR count). The topological polar surface area (TPSA) is 75.5 Å². The molecule has 2 amide bonds. The fraction of sp³-hybridized carbons (Fsp3) is 0.444. The van der Waals surface area contributed by atoms with Gasteiger partial charge in [-0.2, -0.15) is 27.1 Å². The van der Waals surface area contributed by atoms with Crippen LogP contribution < -0.4 is 10.2 Å². The first kappa shape index (κ1) is 28.7. The summed E-state index contributed by atoms with van der Waals surface area (Å²) in [6.45, 7) is 2.89. The highest BCUT2D eigenvalue weighted by Crippen LogP contribution is 2.44. The monoisotopic (exact) mass is 582 g/mol. The Morgan fingerprint density at radius 3 is 2.44 bits per heavy atom. The number of halogens is 6. The van der Waals surface area contributed by atoms with Crippen LogP contribution in [0.3, 0.4) is 0 Å². The summed E-state index contributed by atoms with van der Waals surface area (Å²) in [7, 11) is 1.78. The zero-order valence-corrected chi connectivity index (χ0v) is 22.3. The second-order valence-corrected chi connectivity index (χ2v) is 10.2. The Morgan fingerprint density at radius 1 is 1.05 bits per heavy atom. The van der Waals surface area contributed by atoms with E-state index in [1.165, 1.54) is 12.1 Å². The zero-order valence-electron chi connectivity index (χ0n) is 22.3. The van der Waals surface area contributed by atoms with Crippen LogP contribution >= 0.6 is 0 Å². The van der Waals surface area contributed by atoms with E-state index in [9.17, 15) is 31.1 Å². The maximum absolute atomic E-state index is 15.0. The number of carbonyl (C=O) groups is 1. The Bertz CT molecular complexity index is 1440. The Labute approximate surface area is 231 Å². The summed E-state index contributed by atoms with van der Waals surface area (Å²) in [6.07, 6.45) is -2.77. The van der Waals surface area contributed by atoms with E-state index < -0.39 is 42.8 Å². The largest absolute Gasteiger partial charge is 0.453 e. The molecular formula is C27H28F6N6O2. The molecule has 220 valence electrons. The minimum absolute atomic E-state index is 0.228. The molecule has 0 spiro atoms. The molecule has 2 saturated heterocycles. The first-order chi connectivity index (χ1) is 19.3. The molecular weight excluding hydrogens is 554 g/mol. The number of likely N-dealkylation sites (tertiary alicyclic amines) is 1. The van der Waals surface area contributed by atoms with Crippen molar-refractivity contribution in [2.45, 2.75) is 25.4 Å². The summed E-state index contributed by atoms with van der Waals surface area (Å²) in [6, 6.07) is 5.36. The predicted octanol–water partition coefficient (Wildman–Crippen LogP) is 5.48. The molecule has 0 aliphatic carbocycles. The molecule has 2 fully saturated rings. The molecule has 0 radical (unpaired) electrons. The average Bonchev–Trinajstić information content (AvgIpc) is 3.60. The summed E-state index contributed by atoms with van der Waals surface area (Å²) < 4.78 is 88.1. The van der Waals surface area contributed by atoms with E-state index in [1.54, 1.807) is 24.9 Å².